The monoisotopic (exact) mass is 652 g/mol. The molecule has 0 radical (unpaired) electrons. The minimum atomic E-state index is -1.44. The Bertz CT molecular complexity index is 1780. The molecule has 3 aliphatic heterocycles. The van der Waals surface area contributed by atoms with Gasteiger partial charge in [-0.1, -0.05) is 6.07 Å². The summed E-state index contributed by atoms with van der Waals surface area (Å²) in [5, 5.41) is 21.3. The highest BCUT2D eigenvalue weighted by Gasteiger charge is 2.52. The molecular formula is C33H32O14. The van der Waals surface area contributed by atoms with Crippen LogP contribution in [0.4, 0.5) is 0 Å². The van der Waals surface area contributed by atoms with Crippen molar-refractivity contribution in [3.05, 3.63) is 52.6 Å². The second-order valence-electron chi connectivity index (χ2n) is 11.2. The zero-order valence-electron chi connectivity index (χ0n) is 25.9. The van der Waals surface area contributed by atoms with Crippen molar-refractivity contribution in [1.29, 1.82) is 0 Å². The molecule has 3 aromatic carbocycles. The lowest BCUT2D eigenvalue weighted by molar-refractivity contribution is -0.280. The van der Waals surface area contributed by atoms with Gasteiger partial charge in [0.15, 0.2) is 23.7 Å². The predicted octanol–water partition coefficient (Wildman–Crippen LogP) is 2.81. The molecular weight excluding hydrogens is 620 g/mol. The fraction of sp³-hybridized carbons (Fsp3) is 0.394. The first-order chi connectivity index (χ1) is 22.5. The Kier molecular flexibility index (Phi) is 8.66. The van der Waals surface area contributed by atoms with Crippen LogP contribution in [0.3, 0.4) is 0 Å². The van der Waals surface area contributed by atoms with Crippen molar-refractivity contribution >= 4 is 34.6 Å². The molecule has 1 unspecified atom stereocenters. The number of aliphatic hydroxyl groups is 2. The van der Waals surface area contributed by atoms with Crippen LogP contribution >= 0.6 is 0 Å². The second-order valence-corrected chi connectivity index (χ2v) is 11.2. The van der Waals surface area contributed by atoms with Crippen molar-refractivity contribution in [2.45, 2.75) is 78.2 Å². The zero-order chi connectivity index (χ0) is 33.6. The maximum atomic E-state index is 13.4. The minimum Gasteiger partial charge on any atom is -0.460 e. The van der Waals surface area contributed by atoms with E-state index >= 15 is 0 Å². The number of benzene rings is 3. The molecule has 0 saturated carbocycles. The molecule has 248 valence electrons. The molecule has 6 rings (SSSR count). The van der Waals surface area contributed by atoms with E-state index in [0.29, 0.717) is 50.1 Å². The van der Waals surface area contributed by atoms with Crippen LogP contribution in [-0.4, -0.2) is 71.6 Å². The van der Waals surface area contributed by atoms with Gasteiger partial charge in [-0.2, -0.15) is 0 Å². The summed E-state index contributed by atoms with van der Waals surface area (Å²) in [5.74, 6) is -1.71. The van der Waals surface area contributed by atoms with E-state index in [1.807, 2.05) is 0 Å². The van der Waals surface area contributed by atoms with Crippen molar-refractivity contribution in [3.63, 3.8) is 0 Å². The molecule has 0 bridgehead atoms. The van der Waals surface area contributed by atoms with E-state index in [1.54, 1.807) is 37.3 Å². The van der Waals surface area contributed by atoms with Gasteiger partial charge in [0.25, 0.3) is 0 Å². The number of fused-ring (bicyclic) bond motifs is 3. The predicted molar refractivity (Wildman–Crippen MR) is 158 cm³/mol. The second kappa shape index (κ2) is 12.7. The van der Waals surface area contributed by atoms with Gasteiger partial charge in [0.1, 0.15) is 12.4 Å². The fourth-order valence-electron chi connectivity index (χ4n) is 6.18. The first-order valence-electron chi connectivity index (χ1n) is 14.8. The smallest absolute Gasteiger partial charge is 0.339 e. The van der Waals surface area contributed by atoms with Gasteiger partial charge in [0.2, 0.25) is 19.2 Å². The van der Waals surface area contributed by atoms with Crippen LogP contribution in [-0.2, 0) is 57.9 Å². The van der Waals surface area contributed by atoms with Crippen LogP contribution in [0.25, 0.3) is 21.9 Å². The molecule has 3 heterocycles. The number of carbonyl (C=O) groups is 4. The average molecular weight is 653 g/mol. The summed E-state index contributed by atoms with van der Waals surface area (Å²) >= 11 is 0. The highest BCUT2D eigenvalue weighted by molar-refractivity contribution is 6.13. The molecule has 2 N–H and O–H groups in total. The maximum absolute atomic E-state index is 13.4. The summed E-state index contributed by atoms with van der Waals surface area (Å²) in [5.41, 5.74) is 2.34. The Labute approximate surface area is 267 Å². The quantitative estimate of drug-likeness (QED) is 0.268. The first kappa shape index (κ1) is 32.0. The van der Waals surface area contributed by atoms with E-state index in [2.05, 4.69) is 0 Å². The van der Waals surface area contributed by atoms with E-state index in [-0.39, 0.29) is 24.7 Å². The van der Waals surface area contributed by atoms with Gasteiger partial charge in [-0.05, 0) is 53.3 Å². The Hall–Kier alpha value is -4.92. The number of aliphatic hydroxyl groups excluding tert-OH is 2. The van der Waals surface area contributed by atoms with Crippen molar-refractivity contribution in [1.82, 2.24) is 0 Å². The molecule has 3 aliphatic rings. The summed E-state index contributed by atoms with van der Waals surface area (Å²) in [7, 11) is 0. The molecule has 5 atom stereocenters. The molecule has 0 aliphatic carbocycles. The molecule has 14 nitrogen and oxygen atoms in total. The number of hydrogen-bond donors (Lipinski definition) is 2. The van der Waals surface area contributed by atoms with Crippen molar-refractivity contribution in [2.75, 3.05) is 6.79 Å². The van der Waals surface area contributed by atoms with E-state index in [4.69, 9.17) is 37.9 Å². The number of cyclic esters (lactones) is 1. The zero-order valence-corrected chi connectivity index (χ0v) is 25.9. The number of esters is 4. The van der Waals surface area contributed by atoms with Gasteiger partial charge < -0.3 is 48.1 Å². The number of rotatable bonds is 8. The summed E-state index contributed by atoms with van der Waals surface area (Å²) < 4.78 is 45.7. The summed E-state index contributed by atoms with van der Waals surface area (Å²) in [6, 6.07) is 8.46. The van der Waals surface area contributed by atoms with Gasteiger partial charge in [-0.3, -0.25) is 14.4 Å². The average Bonchev–Trinajstić information content (AvgIpc) is 3.65. The normalized spacial score (nSPS) is 22.8. The maximum Gasteiger partial charge on any atom is 0.339 e. The summed E-state index contributed by atoms with van der Waals surface area (Å²) in [4.78, 5) is 49.9. The largest absolute Gasteiger partial charge is 0.460 e. The van der Waals surface area contributed by atoms with E-state index in [0.717, 1.165) is 13.8 Å². The summed E-state index contributed by atoms with van der Waals surface area (Å²) in [6.07, 6.45) is -6.27. The van der Waals surface area contributed by atoms with Gasteiger partial charge >= 0.3 is 23.9 Å². The van der Waals surface area contributed by atoms with Gasteiger partial charge in [-0.15, -0.1) is 0 Å². The van der Waals surface area contributed by atoms with Crippen LogP contribution in [0, 0.1) is 0 Å². The number of carbonyl (C=O) groups excluding carboxylic acids is 4. The standard InChI is InChI=1S/C33H32O14/c1-14-28(44-15(2)36)30(45-16(3)37)31(46-17(4)38)33(43-14)47-29-22-8-20(11-35)19(10-34)7-21(22)26(27-23(29)12-40-32(27)39)18-5-6-24-25(9-18)42-13-41-24/h5-9,14,28,30-31,33-35H,10-13H2,1-4H3/t14-,28-,30+,31-,33?/m1/s1. The van der Waals surface area contributed by atoms with Crippen LogP contribution in [0.1, 0.15) is 54.7 Å². The Morgan fingerprint density at radius 1 is 0.787 bits per heavy atom. The van der Waals surface area contributed by atoms with E-state index < -0.39 is 67.8 Å². The molecule has 47 heavy (non-hydrogen) atoms. The fourth-order valence-corrected chi connectivity index (χ4v) is 6.18. The molecule has 1 saturated heterocycles. The van der Waals surface area contributed by atoms with Crippen molar-refractivity contribution < 1.29 is 67.3 Å². The number of ether oxygens (including phenoxy) is 8. The lowest BCUT2D eigenvalue weighted by Gasteiger charge is -2.43. The molecule has 14 heteroatoms. The van der Waals surface area contributed by atoms with Crippen molar-refractivity contribution in [2.24, 2.45) is 0 Å². The molecule has 0 aromatic heterocycles. The third kappa shape index (κ3) is 5.90. The van der Waals surface area contributed by atoms with E-state index in [9.17, 15) is 29.4 Å². The Balaban J connectivity index is 1.56. The summed E-state index contributed by atoms with van der Waals surface area (Å²) in [6.45, 7) is 4.04. The third-order valence-corrected chi connectivity index (χ3v) is 8.10. The van der Waals surface area contributed by atoms with Gasteiger partial charge in [0, 0.05) is 37.3 Å². The molecule has 3 aromatic rings. The Morgan fingerprint density at radius 3 is 2.06 bits per heavy atom. The van der Waals surface area contributed by atoms with Crippen molar-refractivity contribution in [3.8, 4) is 28.4 Å². The van der Waals surface area contributed by atoms with Crippen LogP contribution < -0.4 is 14.2 Å². The minimum absolute atomic E-state index is 0.0386. The van der Waals surface area contributed by atoms with Gasteiger partial charge in [-0.25, -0.2) is 4.79 Å². The SMILES string of the molecule is CC(=O)O[C@H]1[C@H](OC(C)=O)[C@@H](OC(C)=O)C(Oc2c3c(c(-c4ccc5c(c4)OCO5)c4cc(CO)c(CO)cc24)C(=O)OC3)O[C@@H]1C. The van der Waals surface area contributed by atoms with E-state index in [1.165, 1.54) is 6.92 Å². The topological polar surface area (TPSA) is 183 Å². The number of hydrogen-bond acceptors (Lipinski definition) is 14. The lowest BCUT2D eigenvalue weighted by Crippen LogP contribution is -2.62. The molecule has 0 spiro atoms. The highest BCUT2D eigenvalue weighted by Crippen LogP contribution is 2.48. The first-order valence-corrected chi connectivity index (χ1v) is 14.8. The van der Waals surface area contributed by atoms with Gasteiger partial charge in [0.05, 0.1) is 24.9 Å². The molecule has 0 amide bonds. The van der Waals surface area contributed by atoms with Crippen LogP contribution in [0.15, 0.2) is 30.3 Å². The third-order valence-electron chi connectivity index (χ3n) is 8.10. The lowest BCUT2D eigenvalue weighted by atomic mass is 9.87. The molecule has 1 fully saturated rings. The highest BCUT2D eigenvalue weighted by atomic mass is 16.7. The Morgan fingerprint density at radius 2 is 1.40 bits per heavy atom. The van der Waals surface area contributed by atoms with Crippen LogP contribution in [0.5, 0.6) is 17.2 Å². The van der Waals surface area contributed by atoms with Crippen LogP contribution in [0.2, 0.25) is 0 Å².